The molecule has 1 atom stereocenters. The van der Waals surface area contributed by atoms with Gasteiger partial charge in [0.1, 0.15) is 6.04 Å². The van der Waals surface area contributed by atoms with Crippen LogP contribution in [0.25, 0.3) is 0 Å². The Morgan fingerprint density at radius 1 is 1.40 bits per heavy atom. The van der Waals surface area contributed by atoms with E-state index >= 15 is 0 Å². The normalized spacial score (nSPS) is 27.4. The van der Waals surface area contributed by atoms with E-state index < -0.39 is 11.9 Å². The van der Waals surface area contributed by atoms with E-state index in [1.165, 1.54) is 0 Å². The lowest BCUT2D eigenvalue weighted by atomic mass is 9.82. The zero-order chi connectivity index (χ0) is 14.1. The monoisotopic (exact) mass is 271 g/mol. The molecule has 0 saturated heterocycles. The van der Waals surface area contributed by atoms with Gasteiger partial charge >= 0.3 is 0 Å². The van der Waals surface area contributed by atoms with Gasteiger partial charge in [0.25, 0.3) is 0 Å². The third-order valence-corrected chi connectivity index (χ3v) is 4.00. The van der Waals surface area contributed by atoms with Gasteiger partial charge in [-0.15, -0.1) is 0 Å². The van der Waals surface area contributed by atoms with Crippen LogP contribution in [-0.4, -0.2) is 36.2 Å². The minimum atomic E-state index is -0.484. The average molecular weight is 271 g/mol. The van der Waals surface area contributed by atoms with Crippen molar-refractivity contribution in [3.8, 4) is 0 Å². The Balaban J connectivity index is 1.96. The molecular weight excluding hydrogens is 254 g/mol. The molecule has 0 aromatic carbocycles. The van der Waals surface area contributed by atoms with Gasteiger partial charge in [-0.2, -0.15) is 0 Å². The number of rotatable bonds is 3. The quantitative estimate of drug-likeness (QED) is 0.834. The van der Waals surface area contributed by atoms with Crippen molar-refractivity contribution in [1.29, 1.82) is 0 Å². The number of aliphatic imine (C=N–C) groups is 2. The smallest absolute Gasteiger partial charge is 0.217 e. The predicted octanol–water partition coefficient (Wildman–Crippen LogP) is 1.14. The Morgan fingerprint density at radius 3 is 3.05 bits per heavy atom. The summed E-state index contributed by atoms with van der Waals surface area (Å²) in [7, 11) is 0. The van der Waals surface area contributed by atoms with Gasteiger partial charge in [0.2, 0.25) is 5.91 Å². The maximum atomic E-state index is 12.7. The van der Waals surface area contributed by atoms with Crippen molar-refractivity contribution in [3.63, 3.8) is 0 Å². The Hall–Kier alpha value is -2.04. The standard InChI is InChI=1S/C15H17N3O2/c16-13(19)5-4-12-15(20)10-2-1-3-11-14(10)9(8-18-11)6-7-17-12/h6-7,12H,1-5,8H2,(H2,16,19)/b9-6-,17-7?. The van der Waals surface area contributed by atoms with Gasteiger partial charge in [-0.3, -0.25) is 19.6 Å². The second kappa shape index (κ2) is 5.15. The number of nitrogens with two attached hydrogens (primary N) is 1. The lowest BCUT2D eigenvalue weighted by molar-refractivity contribution is -0.119. The number of hydrogen-bond acceptors (Lipinski definition) is 4. The van der Waals surface area contributed by atoms with Crippen molar-refractivity contribution in [2.45, 2.75) is 38.1 Å². The molecule has 3 rings (SSSR count). The fourth-order valence-corrected chi connectivity index (χ4v) is 3.03. The van der Waals surface area contributed by atoms with Gasteiger partial charge in [-0.1, -0.05) is 0 Å². The maximum absolute atomic E-state index is 12.7. The summed E-state index contributed by atoms with van der Waals surface area (Å²) in [4.78, 5) is 32.4. The lowest BCUT2D eigenvalue weighted by Gasteiger charge is -2.22. The summed E-state index contributed by atoms with van der Waals surface area (Å²) in [6.07, 6.45) is 6.89. The van der Waals surface area contributed by atoms with Gasteiger partial charge in [0, 0.05) is 29.5 Å². The Kier molecular flexibility index (Phi) is 3.34. The van der Waals surface area contributed by atoms with Crippen LogP contribution in [0.4, 0.5) is 0 Å². The largest absolute Gasteiger partial charge is 0.370 e. The van der Waals surface area contributed by atoms with Gasteiger partial charge in [0.15, 0.2) is 5.78 Å². The number of carbonyl (C=O) groups is 2. The average Bonchev–Trinajstić information content (AvgIpc) is 2.83. The molecule has 1 aliphatic carbocycles. The molecule has 0 fully saturated rings. The molecule has 104 valence electrons. The summed E-state index contributed by atoms with van der Waals surface area (Å²) in [5.41, 5.74) is 9.23. The fraction of sp³-hybridized carbons (Fsp3) is 0.467. The van der Waals surface area contributed by atoms with Crippen molar-refractivity contribution in [3.05, 3.63) is 22.8 Å². The molecule has 1 unspecified atom stereocenters. The number of carbonyl (C=O) groups excluding carboxylic acids is 2. The molecule has 1 amide bonds. The van der Waals surface area contributed by atoms with E-state index in [1.54, 1.807) is 6.21 Å². The minimum Gasteiger partial charge on any atom is -0.370 e. The molecule has 0 aromatic heterocycles. The second-order valence-corrected chi connectivity index (χ2v) is 5.35. The maximum Gasteiger partial charge on any atom is 0.217 e. The van der Waals surface area contributed by atoms with Crippen molar-refractivity contribution in [1.82, 2.24) is 0 Å². The predicted molar refractivity (Wildman–Crippen MR) is 77.0 cm³/mol. The minimum absolute atomic E-state index is 0.0393. The van der Waals surface area contributed by atoms with Crippen LogP contribution in [0.15, 0.2) is 32.8 Å². The molecule has 0 aromatic rings. The molecule has 20 heavy (non-hydrogen) atoms. The molecule has 0 bridgehead atoms. The summed E-state index contributed by atoms with van der Waals surface area (Å²) in [5, 5.41) is 0. The van der Waals surface area contributed by atoms with Crippen LogP contribution in [0.5, 0.6) is 0 Å². The molecule has 2 heterocycles. The molecule has 2 N–H and O–H groups in total. The number of hydrogen-bond donors (Lipinski definition) is 1. The molecule has 2 aliphatic heterocycles. The lowest BCUT2D eigenvalue weighted by Crippen LogP contribution is -2.27. The Bertz CT molecular complexity index is 596. The Labute approximate surface area is 117 Å². The van der Waals surface area contributed by atoms with Crippen LogP contribution in [-0.2, 0) is 9.59 Å². The first-order valence-corrected chi connectivity index (χ1v) is 6.99. The first-order valence-electron chi connectivity index (χ1n) is 6.99. The van der Waals surface area contributed by atoms with Crippen molar-refractivity contribution < 1.29 is 9.59 Å². The topological polar surface area (TPSA) is 84.9 Å². The van der Waals surface area contributed by atoms with Crippen LogP contribution in [0.1, 0.15) is 32.1 Å². The second-order valence-electron chi connectivity index (χ2n) is 5.35. The van der Waals surface area contributed by atoms with Gasteiger partial charge < -0.3 is 5.73 Å². The summed E-state index contributed by atoms with van der Waals surface area (Å²) in [6, 6.07) is -0.484. The molecule has 5 heteroatoms. The zero-order valence-corrected chi connectivity index (χ0v) is 11.3. The summed E-state index contributed by atoms with van der Waals surface area (Å²) < 4.78 is 0. The van der Waals surface area contributed by atoms with E-state index in [2.05, 4.69) is 9.98 Å². The van der Waals surface area contributed by atoms with Crippen molar-refractivity contribution >= 4 is 23.6 Å². The molecule has 5 nitrogen and oxygen atoms in total. The molecule has 3 aliphatic rings. The highest BCUT2D eigenvalue weighted by Gasteiger charge is 2.32. The summed E-state index contributed by atoms with van der Waals surface area (Å²) in [5.74, 6) is -0.354. The molecule has 0 spiro atoms. The SMILES string of the molecule is NC(=O)CCC1N=C/C=C2/CN=C3CCCC(=C32)C1=O. The first kappa shape index (κ1) is 13.0. The van der Waals surface area contributed by atoms with E-state index in [0.717, 1.165) is 41.7 Å². The number of nitrogens with zero attached hydrogens (tertiary/aromatic N) is 2. The van der Waals surface area contributed by atoms with E-state index in [1.807, 2.05) is 6.08 Å². The van der Waals surface area contributed by atoms with Crippen LogP contribution < -0.4 is 5.73 Å². The van der Waals surface area contributed by atoms with Crippen molar-refractivity contribution in [2.24, 2.45) is 15.7 Å². The van der Waals surface area contributed by atoms with E-state index in [4.69, 9.17) is 5.73 Å². The van der Waals surface area contributed by atoms with E-state index in [-0.39, 0.29) is 12.2 Å². The highest BCUT2D eigenvalue weighted by atomic mass is 16.1. The fourth-order valence-electron chi connectivity index (χ4n) is 3.03. The highest BCUT2D eigenvalue weighted by molar-refractivity contribution is 6.16. The van der Waals surface area contributed by atoms with E-state index in [0.29, 0.717) is 13.0 Å². The van der Waals surface area contributed by atoms with Crippen molar-refractivity contribution in [2.75, 3.05) is 6.54 Å². The van der Waals surface area contributed by atoms with E-state index in [9.17, 15) is 9.59 Å². The molecule has 0 saturated carbocycles. The van der Waals surface area contributed by atoms with Gasteiger partial charge in [0.05, 0.1) is 6.54 Å². The van der Waals surface area contributed by atoms with Crippen LogP contribution in [0, 0.1) is 0 Å². The van der Waals surface area contributed by atoms with Crippen LogP contribution in [0.3, 0.4) is 0 Å². The number of amides is 1. The summed E-state index contributed by atoms with van der Waals surface area (Å²) >= 11 is 0. The van der Waals surface area contributed by atoms with Gasteiger partial charge in [-0.25, -0.2) is 0 Å². The first-order chi connectivity index (χ1) is 9.66. The van der Waals surface area contributed by atoms with Crippen LogP contribution >= 0.6 is 0 Å². The number of Topliss-reactive ketones (excluding diaryl/α,β-unsaturated/α-hetero) is 1. The number of allylic oxidation sites excluding steroid dienone is 1. The Morgan fingerprint density at radius 2 is 2.25 bits per heavy atom. The third-order valence-electron chi connectivity index (χ3n) is 4.00. The summed E-state index contributed by atoms with van der Waals surface area (Å²) in [6.45, 7) is 0.652. The third kappa shape index (κ3) is 2.24. The molecule has 0 radical (unpaired) electrons. The zero-order valence-electron chi connectivity index (χ0n) is 11.3. The highest BCUT2D eigenvalue weighted by Crippen LogP contribution is 2.34. The number of ketones is 1. The number of primary amides is 1. The van der Waals surface area contributed by atoms with Crippen LogP contribution in [0.2, 0.25) is 0 Å². The van der Waals surface area contributed by atoms with Gasteiger partial charge in [-0.05, 0) is 37.3 Å². The molecular formula is C15H17N3O2.